The SMILES string of the molecule is CCN1C(=O)C(=O)N(Cc2cc(OC)ccc2OC)C1=O. The van der Waals surface area contributed by atoms with E-state index in [4.69, 9.17) is 9.47 Å². The number of imide groups is 2. The molecule has 1 heterocycles. The van der Waals surface area contributed by atoms with Crippen LogP contribution in [0.2, 0.25) is 0 Å². The van der Waals surface area contributed by atoms with Crippen molar-refractivity contribution in [2.75, 3.05) is 20.8 Å². The van der Waals surface area contributed by atoms with Gasteiger partial charge in [0, 0.05) is 12.1 Å². The van der Waals surface area contributed by atoms with Gasteiger partial charge >= 0.3 is 17.8 Å². The summed E-state index contributed by atoms with van der Waals surface area (Å²) in [5, 5.41) is 0. The molecule has 1 aromatic rings. The van der Waals surface area contributed by atoms with Crippen molar-refractivity contribution in [3.63, 3.8) is 0 Å². The van der Waals surface area contributed by atoms with Gasteiger partial charge in [-0.2, -0.15) is 0 Å². The number of hydrogen-bond donors (Lipinski definition) is 0. The molecule has 1 saturated heterocycles. The van der Waals surface area contributed by atoms with Gasteiger partial charge in [-0.25, -0.2) is 4.79 Å². The highest BCUT2D eigenvalue weighted by Crippen LogP contribution is 2.27. The molecule has 0 aromatic heterocycles. The minimum atomic E-state index is -0.827. The Morgan fingerprint density at radius 2 is 1.67 bits per heavy atom. The predicted molar refractivity (Wildman–Crippen MR) is 72.9 cm³/mol. The molecule has 0 aliphatic carbocycles. The van der Waals surface area contributed by atoms with E-state index < -0.39 is 17.8 Å². The van der Waals surface area contributed by atoms with Gasteiger partial charge in [0.2, 0.25) is 0 Å². The monoisotopic (exact) mass is 292 g/mol. The molecule has 0 unspecified atom stereocenters. The van der Waals surface area contributed by atoms with Crippen LogP contribution in [0, 0.1) is 0 Å². The zero-order valence-corrected chi connectivity index (χ0v) is 12.1. The summed E-state index contributed by atoms with van der Waals surface area (Å²) in [7, 11) is 3.00. The zero-order valence-electron chi connectivity index (χ0n) is 12.1. The van der Waals surface area contributed by atoms with Gasteiger partial charge in [0.1, 0.15) is 11.5 Å². The van der Waals surface area contributed by atoms with Crippen LogP contribution in [0.5, 0.6) is 11.5 Å². The van der Waals surface area contributed by atoms with Gasteiger partial charge in [-0.1, -0.05) is 0 Å². The minimum absolute atomic E-state index is 0.0414. The second kappa shape index (κ2) is 5.82. The van der Waals surface area contributed by atoms with Gasteiger partial charge in [0.15, 0.2) is 0 Å². The Bertz CT molecular complexity index is 599. The highest BCUT2D eigenvalue weighted by atomic mass is 16.5. The summed E-state index contributed by atoms with van der Waals surface area (Å²) in [5.74, 6) is -0.543. The normalized spacial score (nSPS) is 14.9. The van der Waals surface area contributed by atoms with E-state index in [2.05, 4.69) is 0 Å². The molecular formula is C14H16N2O5. The largest absolute Gasteiger partial charge is 0.497 e. The average Bonchev–Trinajstić information content (AvgIpc) is 2.70. The van der Waals surface area contributed by atoms with Crippen LogP contribution in [0.25, 0.3) is 0 Å². The van der Waals surface area contributed by atoms with Crippen molar-refractivity contribution >= 4 is 17.8 Å². The van der Waals surface area contributed by atoms with Crippen molar-refractivity contribution in [3.05, 3.63) is 23.8 Å². The number of carbonyl (C=O) groups is 3. The van der Waals surface area contributed by atoms with Gasteiger partial charge in [0.25, 0.3) is 0 Å². The van der Waals surface area contributed by atoms with E-state index in [1.165, 1.54) is 14.2 Å². The fourth-order valence-corrected chi connectivity index (χ4v) is 2.14. The Labute approximate surface area is 122 Å². The Morgan fingerprint density at radius 1 is 1.00 bits per heavy atom. The molecule has 1 aromatic carbocycles. The number of hydrogen-bond acceptors (Lipinski definition) is 5. The Balaban J connectivity index is 2.31. The summed E-state index contributed by atoms with van der Waals surface area (Å²) in [6.07, 6.45) is 0. The lowest BCUT2D eigenvalue weighted by Gasteiger charge is -2.16. The van der Waals surface area contributed by atoms with E-state index >= 15 is 0 Å². The third kappa shape index (κ3) is 2.54. The summed E-state index contributed by atoms with van der Waals surface area (Å²) in [6, 6.07) is 4.44. The van der Waals surface area contributed by atoms with E-state index in [0.29, 0.717) is 17.1 Å². The third-order valence-corrected chi connectivity index (χ3v) is 3.27. The summed E-state index contributed by atoms with van der Waals surface area (Å²) in [6.45, 7) is 1.76. The second-order valence-corrected chi connectivity index (χ2v) is 4.40. The number of urea groups is 1. The van der Waals surface area contributed by atoms with Crippen molar-refractivity contribution in [2.45, 2.75) is 13.5 Å². The molecule has 2 rings (SSSR count). The number of nitrogens with zero attached hydrogens (tertiary/aromatic N) is 2. The molecule has 112 valence electrons. The first-order valence-electron chi connectivity index (χ1n) is 6.41. The van der Waals surface area contributed by atoms with E-state index in [0.717, 1.165) is 9.80 Å². The van der Waals surface area contributed by atoms with E-state index in [-0.39, 0.29) is 13.1 Å². The van der Waals surface area contributed by atoms with Crippen LogP contribution in [0.15, 0.2) is 18.2 Å². The van der Waals surface area contributed by atoms with Crippen molar-refractivity contribution in [3.8, 4) is 11.5 Å². The molecule has 7 nitrogen and oxygen atoms in total. The summed E-state index contributed by atoms with van der Waals surface area (Å²) < 4.78 is 10.3. The van der Waals surface area contributed by atoms with Gasteiger partial charge in [-0.15, -0.1) is 0 Å². The molecule has 0 saturated carbocycles. The van der Waals surface area contributed by atoms with Crippen LogP contribution in [-0.4, -0.2) is 48.4 Å². The summed E-state index contributed by atoms with van der Waals surface area (Å²) in [5.41, 5.74) is 0.587. The van der Waals surface area contributed by atoms with Crippen LogP contribution >= 0.6 is 0 Å². The number of likely N-dealkylation sites (N-methyl/N-ethyl adjacent to an activating group) is 1. The number of methoxy groups -OCH3 is 2. The molecule has 0 atom stereocenters. The molecule has 21 heavy (non-hydrogen) atoms. The molecule has 0 spiro atoms. The molecule has 1 fully saturated rings. The Morgan fingerprint density at radius 3 is 2.19 bits per heavy atom. The molecule has 7 heteroatoms. The minimum Gasteiger partial charge on any atom is -0.497 e. The van der Waals surface area contributed by atoms with Crippen LogP contribution in [0.1, 0.15) is 12.5 Å². The lowest BCUT2D eigenvalue weighted by Crippen LogP contribution is -2.33. The van der Waals surface area contributed by atoms with E-state index in [1.54, 1.807) is 25.1 Å². The number of amides is 4. The first-order valence-corrected chi connectivity index (χ1v) is 6.41. The molecular weight excluding hydrogens is 276 g/mol. The standard InChI is InChI=1S/C14H16N2O5/c1-4-15-12(17)13(18)16(14(15)19)8-9-7-10(20-2)5-6-11(9)21-3/h5-7H,4,8H2,1-3H3. The Kier molecular flexibility index (Phi) is 4.11. The van der Waals surface area contributed by atoms with E-state index in [1.807, 2.05) is 0 Å². The maximum atomic E-state index is 12.1. The van der Waals surface area contributed by atoms with Crippen LogP contribution in [0.4, 0.5) is 4.79 Å². The molecule has 0 N–H and O–H groups in total. The Hall–Kier alpha value is -2.57. The third-order valence-electron chi connectivity index (χ3n) is 3.27. The highest BCUT2D eigenvalue weighted by Gasteiger charge is 2.43. The lowest BCUT2D eigenvalue weighted by molar-refractivity contribution is -0.143. The highest BCUT2D eigenvalue weighted by molar-refractivity contribution is 6.44. The van der Waals surface area contributed by atoms with Crippen molar-refractivity contribution in [1.82, 2.24) is 9.80 Å². The van der Waals surface area contributed by atoms with Gasteiger partial charge < -0.3 is 9.47 Å². The molecule has 4 amide bonds. The van der Waals surface area contributed by atoms with Crippen molar-refractivity contribution in [1.29, 1.82) is 0 Å². The summed E-state index contributed by atoms with van der Waals surface area (Å²) in [4.78, 5) is 37.4. The fraction of sp³-hybridized carbons (Fsp3) is 0.357. The zero-order chi connectivity index (χ0) is 15.6. The van der Waals surface area contributed by atoms with Crippen molar-refractivity contribution < 1.29 is 23.9 Å². The molecule has 1 aliphatic heterocycles. The van der Waals surface area contributed by atoms with Gasteiger partial charge in [0.05, 0.1) is 20.8 Å². The number of carbonyl (C=O) groups excluding carboxylic acids is 3. The quantitative estimate of drug-likeness (QED) is 0.598. The van der Waals surface area contributed by atoms with E-state index in [9.17, 15) is 14.4 Å². The molecule has 1 aliphatic rings. The van der Waals surface area contributed by atoms with Crippen LogP contribution < -0.4 is 9.47 Å². The number of benzene rings is 1. The topological polar surface area (TPSA) is 76.2 Å². The average molecular weight is 292 g/mol. The van der Waals surface area contributed by atoms with Crippen molar-refractivity contribution in [2.24, 2.45) is 0 Å². The van der Waals surface area contributed by atoms with Crippen LogP contribution in [0.3, 0.4) is 0 Å². The van der Waals surface area contributed by atoms with Gasteiger partial charge in [-0.3, -0.25) is 19.4 Å². The first-order chi connectivity index (χ1) is 10.0. The number of ether oxygens (including phenoxy) is 2. The summed E-state index contributed by atoms with van der Waals surface area (Å²) >= 11 is 0. The predicted octanol–water partition coefficient (Wildman–Crippen LogP) is 1.01. The smallest absolute Gasteiger partial charge is 0.334 e. The lowest BCUT2D eigenvalue weighted by atomic mass is 10.1. The maximum Gasteiger partial charge on any atom is 0.334 e. The second-order valence-electron chi connectivity index (χ2n) is 4.40. The molecule has 0 bridgehead atoms. The maximum absolute atomic E-state index is 12.1. The van der Waals surface area contributed by atoms with Crippen LogP contribution in [-0.2, 0) is 16.1 Å². The first kappa shape index (κ1) is 14.8. The molecule has 0 radical (unpaired) electrons. The fourth-order valence-electron chi connectivity index (χ4n) is 2.14. The van der Waals surface area contributed by atoms with Gasteiger partial charge in [-0.05, 0) is 25.1 Å². The number of rotatable bonds is 5.